The summed E-state index contributed by atoms with van der Waals surface area (Å²) in [5, 5.41) is 6.93. The summed E-state index contributed by atoms with van der Waals surface area (Å²) in [5.74, 6) is 1.92. The van der Waals surface area contributed by atoms with Crippen LogP contribution in [0.15, 0.2) is 217 Å². The third-order valence-corrected chi connectivity index (χ3v) is 12.4. The Morgan fingerprint density at radius 1 is 0.317 bits per heavy atom. The minimum absolute atomic E-state index is 0.631. The zero-order chi connectivity index (χ0) is 41.4. The molecule has 0 radical (unpaired) electrons. The molecule has 6 nitrogen and oxygen atoms in total. The Morgan fingerprint density at radius 2 is 0.857 bits per heavy atom. The van der Waals surface area contributed by atoms with Gasteiger partial charge in [0.05, 0.1) is 27.5 Å². The predicted molar refractivity (Wildman–Crippen MR) is 258 cm³/mol. The van der Waals surface area contributed by atoms with Gasteiger partial charge in [-0.1, -0.05) is 146 Å². The van der Waals surface area contributed by atoms with Gasteiger partial charge in [0.15, 0.2) is 17.5 Å². The van der Waals surface area contributed by atoms with E-state index in [1.165, 1.54) is 10.8 Å². The first-order valence-electron chi connectivity index (χ1n) is 21.2. The van der Waals surface area contributed by atoms with Gasteiger partial charge in [-0.05, 0) is 77.9 Å². The van der Waals surface area contributed by atoms with Crippen molar-refractivity contribution in [3.8, 4) is 56.7 Å². The molecule has 13 rings (SSSR count). The molecule has 0 amide bonds. The first-order chi connectivity index (χ1) is 31.2. The molecule has 4 heterocycles. The van der Waals surface area contributed by atoms with E-state index in [2.05, 4.69) is 155 Å². The molecular formula is C57H35N5O. The molecular weight excluding hydrogens is 771 g/mol. The van der Waals surface area contributed by atoms with Crippen LogP contribution in [-0.2, 0) is 0 Å². The fraction of sp³-hybridized carbons (Fsp3) is 0. The quantitative estimate of drug-likeness (QED) is 0.168. The standard InChI is InChI=1S/C57H35N5O/c1-4-15-37(16-5-1)55-58-56(38-17-6-2-7-18-38)60-57(59-55)40-20-14-19-39(35-40)36-27-29-42(30-28-36)61-47-25-12-10-24-45(47)51-48(61)34-32-46-52-49(62(53(46)51)41-21-8-3-9-22-41)33-31-44-43-23-11-13-26-50(43)63-54(44)52/h1-35H. The van der Waals surface area contributed by atoms with Crippen molar-refractivity contribution in [3.63, 3.8) is 0 Å². The molecule has 0 N–H and O–H groups in total. The molecule has 0 saturated heterocycles. The second-order valence-corrected chi connectivity index (χ2v) is 16.0. The van der Waals surface area contributed by atoms with E-state index in [-0.39, 0.29) is 0 Å². The lowest BCUT2D eigenvalue weighted by atomic mass is 10.0. The minimum atomic E-state index is 0.631. The number of benzene rings is 9. The molecule has 0 fully saturated rings. The number of para-hydroxylation sites is 3. The van der Waals surface area contributed by atoms with Crippen LogP contribution < -0.4 is 0 Å². The molecule has 294 valence electrons. The number of furan rings is 1. The van der Waals surface area contributed by atoms with Crippen molar-refractivity contribution in [3.05, 3.63) is 212 Å². The molecule has 6 heteroatoms. The van der Waals surface area contributed by atoms with Crippen molar-refractivity contribution in [2.75, 3.05) is 0 Å². The first-order valence-corrected chi connectivity index (χ1v) is 21.2. The molecule has 0 bridgehead atoms. The average molecular weight is 806 g/mol. The summed E-state index contributed by atoms with van der Waals surface area (Å²) in [6.07, 6.45) is 0. The van der Waals surface area contributed by atoms with Gasteiger partial charge in [-0.3, -0.25) is 0 Å². The summed E-state index contributed by atoms with van der Waals surface area (Å²) in [6, 6.07) is 74.4. The van der Waals surface area contributed by atoms with Crippen molar-refractivity contribution >= 4 is 65.6 Å². The number of aromatic nitrogens is 5. The third-order valence-electron chi connectivity index (χ3n) is 12.4. The molecule has 0 atom stereocenters. The van der Waals surface area contributed by atoms with Crippen LogP contribution in [0.3, 0.4) is 0 Å². The summed E-state index contributed by atoms with van der Waals surface area (Å²) < 4.78 is 11.5. The average Bonchev–Trinajstić information content (AvgIpc) is 4.02. The van der Waals surface area contributed by atoms with Crippen molar-refractivity contribution < 1.29 is 4.42 Å². The predicted octanol–water partition coefficient (Wildman–Crippen LogP) is 14.6. The van der Waals surface area contributed by atoms with E-state index >= 15 is 0 Å². The van der Waals surface area contributed by atoms with Crippen molar-refractivity contribution in [1.29, 1.82) is 0 Å². The first kappa shape index (κ1) is 35.2. The Bertz CT molecular complexity index is 3830. The van der Waals surface area contributed by atoms with Crippen LogP contribution in [0.5, 0.6) is 0 Å². The Labute approximate surface area is 361 Å². The topological polar surface area (TPSA) is 61.7 Å². The maximum atomic E-state index is 6.70. The minimum Gasteiger partial charge on any atom is -0.455 e. The highest BCUT2D eigenvalue weighted by Crippen LogP contribution is 2.45. The molecule has 0 aliphatic rings. The van der Waals surface area contributed by atoms with Gasteiger partial charge in [0.25, 0.3) is 0 Å². The molecule has 13 aromatic rings. The van der Waals surface area contributed by atoms with Crippen molar-refractivity contribution in [2.45, 2.75) is 0 Å². The van der Waals surface area contributed by atoms with Crippen LogP contribution in [0.2, 0.25) is 0 Å². The fourth-order valence-electron chi connectivity index (χ4n) is 9.52. The van der Waals surface area contributed by atoms with E-state index in [1.807, 2.05) is 66.7 Å². The van der Waals surface area contributed by atoms with E-state index < -0.39 is 0 Å². The van der Waals surface area contributed by atoms with Crippen LogP contribution >= 0.6 is 0 Å². The van der Waals surface area contributed by atoms with E-state index in [0.29, 0.717) is 17.5 Å². The van der Waals surface area contributed by atoms with Crippen molar-refractivity contribution in [2.24, 2.45) is 0 Å². The van der Waals surface area contributed by atoms with Crippen LogP contribution in [0, 0.1) is 0 Å². The highest BCUT2D eigenvalue weighted by molar-refractivity contribution is 6.31. The number of nitrogens with zero attached hydrogens (tertiary/aromatic N) is 5. The molecule has 0 aliphatic heterocycles. The molecule has 9 aromatic carbocycles. The Balaban J connectivity index is 0.967. The lowest BCUT2D eigenvalue weighted by Crippen LogP contribution is -2.00. The van der Waals surface area contributed by atoms with Gasteiger partial charge in [0.2, 0.25) is 0 Å². The SMILES string of the molecule is c1ccc(-c2nc(-c3ccccc3)nc(-c3cccc(-c4ccc(-n5c6ccccc6c6c5ccc5c7c8oc9ccccc9c8ccc7n(-c7ccccc7)c56)cc4)c3)n2)cc1. The maximum Gasteiger partial charge on any atom is 0.164 e. The summed E-state index contributed by atoms with van der Waals surface area (Å²) in [5.41, 5.74) is 13.6. The molecule has 0 aliphatic carbocycles. The second kappa shape index (κ2) is 14.0. The van der Waals surface area contributed by atoms with Crippen LogP contribution in [-0.4, -0.2) is 24.1 Å². The smallest absolute Gasteiger partial charge is 0.164 e. The Morgan fingerprint density at radius 3 is 1.57 bits per heavy atom. The Kier molecular flexibility index (Phi) is 7.80. The normalized spacial score (nSPS) is 11.8. The summed E-state index contributed by atoms with van der Waals surface area (Å²) in [7, 11) is 0. The highest BCUT2D eigenvalue weighted by atomic mass is 16.3. The lowest BCUT2D eigenvalue weighted by Gasteiger charge is -2.11. The zero-order valence-corrected chi connectivity index (χ0v) is 33.9. The van der Waals surface area contributed by atoms with Crippen molar-refractivity contribution in [1.82, 2.24) is 24.1 Å². The number of fused-ring (bicyclic) bond motifs is 11. The van der Waals surface area contributed by atoms with Gasteiger partial charge in [0, 0.05) is 55.0 Å². The third kappa shape index (κ3) is 5.55. The van der Waals surface area contributed by atoms with Gasteiger partial charge in [-0.25, -0.2) is 15.0 Å². The summed E-state index contributed by atoms with van der Waals surface area (Å²) in [6.45, 7) is 0. The monoisotopic (exact) mass is 805 g/mol. The van der Waals surface area contributed by atoms with E-state index in [9.17, 15) is 0 Å². The number of hydrogen-bond donors (Lipinski definition) is 0. The molecule has 0 saturated carbocycles. The fourth-order valence-corrected chi connectivity index (χ4v) is 9.52. The Hall–Kier alpha value is -8.61. The zero-order valence-electron chi connectivity index (χ0n) is 33.9. The van der Waals surface area contributed by atoms with Crippen LogP contribution in [0.4, 0.5) is 0 Å². The van der Waals surface area contributed by atoms with Gasteiger partial charge in [0.1, 0.15) is 11.2 Å². The van der Waals surface area contributed by atoms with Gasteiger partial charge < -0.3 is 13.6 Å². The molecule has 0 unspecified atom stereocenters. The molecule has 63 heavy (non-hydrogen) atoms. The van der Waals surface area contributed by atoms with Gasteiger partial charge in [-0.15, -0.1) is 0 Å². The van der Waals surface area contributed by atoms with Gasteiger partial charge >= 0.3 is 0 Å². The van der Waals surface area contributed by atoms with E-state index in [0.717, 1.165) is 94.0 Å². The number of rotatable bonds is 6. The van der Waals surface area contributed by atoms with Crippen LogP contribution in [0.25, 0.3) is 122 Å². The number of hydrogen-bond acceptors (Lipinski definition) is 4. The summed E-state index contributed by atoms with van der Waals surface area (Å²) >= 11 is 0. The summed E-state index contributed by atoms with van der Waals surface area (Å²) in [4.78, 5) is 14.9. The largest absolute Gasteiger partial charge is 0.455 e. The lowest BCUT2D eigenvalue weighted by molar-refractivity contribution is 0.673. The van der Waals surface area contributed by atoms with Crippen LogP contribution in [0.1, 0.15) is 0 Å². The maximum absolute atomic E-state index is 6.70. The van der Waals surface area contributed by atoms with Gasteiger partial charge in [-0.2, -0.15) is 0 Å². The molecule has 4 aromatic heterocycles. The second-order valence-electron chi connectivity index (χ2n) is 16.0. The highest BCUT2D eigenvalue weighted by Gasteiger charge is 2.24. The van der Waals surface area contributed by atoms with E-state index in [1.54, 1.807) is 0 Å². The van der Waals surface area contributed by atoms with E-state index in [4.69, 9.17) is 19.4 Å². The molecule has 0 spiro atoms.